The van der Waals surface area contributed by atoms with E-state index in [1.54, 1.807) is 18.5 Å². The molecule has 0 saturated carbocycles. The topological polar surface area (TPSA) is 45.1 Å². The van der Waals surface area contributed by atoms with Crippen LogP contribution < -0.4 is 10.7 Å². The summed E-state index contributed by atoms with van der Waals surface area (Å²) in [6.07, 6.45) is 3.39. The van der Waals surface area contributed by atoms with Crippen LogP contribution in [0, 0.1) is 0 Å². The van der Waals surface area contributed by atoms with Crippen LogP contribution in [-0.2, 0) is 0 Å². The van der Waals surface area contributed by atoms with E-state index in [1.807, 2.05) is 37.3 Å². The second kappa shape index (κ2) is 6.98. The zero-order valence-electron chi connectivity index (χ0n) is 8.80. The molecule has 0 unspecified atom stereocenters. The van der Waals surface area contributed by atoms with E-state index in [0.29, 0.717) is 0 Å². The predicted octanol–water partition coefficient (Wildman–Crippen LogP) is 0.503. The molecule has 0 aliphatic rings. The molecule has 0 bridgehead atoms. The minimum Gasteiger partial charge on any atom is -0.433 e. The van der Waals surface area contributed by atoms with Gasteiger partial charge in [-0.05, 0) is 24.1 Å². The summed E-state index contributed by atoms with van der Waals surface area (Å²) in [5.74, 6) is 0. The van der Waals surface area contributed by atoms with E-state index in [1.165, 1.54) is 0 Å². The van der Waals surface area contributed by atoms with Crippen molar-refractivity contribution in [3.05, 3.63) is 48.8 Å². The Bertz CT molecular complexity index is 320. The maximum Gasteiger partial charge on any atom is 0.413 e. The molecule has 1 rings (SSSR count). The van der Waals surface area contributed by atoms with Crippen LogP contribution in [0.15, 0.2) is 48.8 Å². The molecule has 0 amide bonds. The second-order valence-electron chi connectivity index (χ2n) is 3.01. The van der Waals surface area contributed by atoms with Crippen molar-refractivity contribution in [2.24, 2.45) is 0 Å². The van der Waals surface area contributed by atoms with Crippen LogP contribution in [0.4, 0.5) is 0 Å². The van der Waals surface area contributed by atoms with E-state index in [4.69, 9.17) is 0 Å². The number of rotatable bonds is 3. The zero-order valence-corrected chi connectivity index (χ0v) is 8.80. The third-order valence-corrected chi connectivity index (χ3v) is 1.86. The largest absolute Gasteiger partial charge is 0.433 e. The van der Waals surface area contributed by atoms with Gasteiger partial charge in [0.2, 0.25) is 0 Å². The molecule has 0 spiro atoms. The zero-order chi connectivity index (χ0) is 10.9. The van der Waals surface area contributed by atoms with Gasteiger partial charge in [0.15, 0.2) is 0 Å². The summed E-state index contributed by atoms with van der Waals surface area (Å²) in [4.78, 5) is 4.00. The molecule has 0 saturated heterocycles. The first-order chi connectivity index (χ1) is 7.34. The Morgan fingerprint density at radius 3 is 2.73 bits per heavy atom. The quantitative estimate of drug-likeness (QED) is 0.701. The molecule has 0 aliphatic carbocycles. The van der Waals surface area contributed by atoms with Crippen molar-refractivity contribution < 1.29 is 5.02 Å². The minimum atomic E-state index is -0.632. The molecule has 0 aliphatic heterocycles. The van der Waals surface area contributed by atoms with Gasteiger partial charge in [0, 0.05) is 12.4 Å². The molecule has 2 N–H and O–H groups in total. The molecule has 4 heteroatoms. The van der Waals surface area contributed by atoms with Gasteiger partial charge in [0.1, 0.15) is 0 Å². The molecule has 15 heavy (non-hydrogen) atoms. The number of hydrogen-bond acceptors (Lipinski definition) is 3. The number of nitrogens with zero attached hydrogens (tertiary/aromatic N) is 1. The van der Waals surface area contributed by atoms with Gasteiger partial charge in [0.25, 0.3) is 0 Å². The third kappa shape index (κ3) is 4.58. The van der Waals surface area contributed by atoms with Crippen LogP contribution in [0.1, 0.15) is 6.92 Å². The van der Waals surface area contributed by atoms with Gasteiger partial charge in [-0.25, -0.2) is 0 Å². The van der Waals surface area contributed by atoms with Crippen LogP contribution >= 0.6 is 0 Å². The first-order valence-electron chi connectivity index (χ1n) is 4.99. The SMILES string of the molecule is CCNB(O)c1cccccnccc1. The normalized spacial score (nSPS) is 9.20. The van der Waals surface area contributed by atoms with Crippen molar-refractivity contribution in [3.63, 3.8) is 0 Å². The van der Waals surface area contributed by atoms with Gasteiger partial charge in [-0.2, -0.15) is 0 Å². The Kier molecular flexibility index (Phi) is 5.44. The highest BCUT2D eigenvalue weighted by molar-refractivity contribution is 6.63. The van der Waals surface area contributed by atoms with Crippen LogP contribution in [0.2, 0.25) is 0 Å². The summed E-state index contributed by atoms with van der Waals surface area (Å²) in [6, 6.07) is 11.1. The fraction of sp³-hybridized carbons (Fsp3) is 0.182. The van der Waals surface area contributed by atoms with Crippen molar-refractivity contribution in [2.45, 2.75) is 6.92 Å². The minimum absolute atomic E-state index is 0.632. The standard InChI is InChI=1S/C11H15BN2O/c1-2-14-12(15)11-7-4-3-5-9-13-10-6-8-11/h3-10,14-15H,2H2,1H3. The Morgan fingerprint density at radius 1 is 1.20 bits per heavy atom. The fourth-order valence-corrected chi connectivity index (χ4v) is 1.13. The summed E-state index contributed by atoms with van der Waals surface area (Å²) >= 11 is 0. The molecule has 0 aromatic carbocycles. The lowest BCUT2D eigenvalue weighted by molar-refractivity contribution is 0.565. The van der Waals surface area contributed by atoms with Crippen molar-refractivity contribution in [2.75, 3.05) is 6.54 Å². The predicted molar refractivity (Wildman–Crippen MR) is 63.1 cm³/mol. The van der Waals surface area contributed by atoms with E-state index >= 15 is 0 Å². The van der Waals surface area contributed by atoms with Crippen LogP contribution in [-0.4, -0.2) is 23.6 Å². The Balaban J connectivity index is 2.97. The molecule has 1 heterocycles. The van der Waals surface area contributed by atoms with Gasteiger partial charge >= 0.3 is 7.05 Å². The lowest BCUT2D eigenvalue weighted by Crippen LogP contribution is -2.44. The van der Waals surface area contributed by atoms with Crippen LogP contribution in [0.5, 0.6) is 0 Å². The summed E-state index contributed by atoms with van der Waals surface area (Å²) in [7, 11) is -0.632. The smallest absolute Gasteiger partial charge is 0.413 e. The number of aromatic nitrogens is 1. The van der Waals surface area contributed by atoms with Gasteiger partial charge < -0.3 is 10.3 Å². The lowest BCUT2D eigenvalue weighted by atomic mass is 9.75. The van der Waals surface area contributed by atoms with Crippen molar-refractivity contribution in [1.29, 1.82) is 0 Å². The average Bonchev–Trinajstić information content (AvgIpc) is 2.26. The van der Waals surface area contributed by atoms with Gasteiger partial charge in [-0.15, -0.1) is 0 Å². The van der Waals surface area contributed by atoms with Crippen molar-refractivity contribution >= 4 is 12.5 Å². The number of nitrogens with one attached hydrogen (secondary N) is 1. The van der Waals surface area contributed by atoms with Gasteiger partial charge in [-0.3, -0.25) is 4.98 Å². The van der Waals surface area contributed by atoms with Crippen molar-refractivity contribution in [3.8, 4) is 0 Å². The average molecular weight is 202 g/mol. The monoisotopic (exact) mass is 202 g/mol. The Morgan fingerprint density at radius 2 is 1.93 bits per heavy atom. The molecule has 1 aromatic rings. The highest BCUT2D eigenvalue weighted by Crippen LogP contribution is 1.80. The number of hydrogen-bond donors (Lipinski definition) is 2. The Hall–Kier alpha value is -1.39. The molecule has 0 atom stereocenters. The van der Waals surface area contributed by atoms with E-state index in [-0.39, 0.29) is 0 Å². The molecule has 0 fully saturated rings. The second-order valence-corrected chi connectivity index (χ2v) is 3.01. The lowest BCUT2D eigenvalue weighted by Gasteiger charge is -2.04. The van der Waals surface area contributed by atoms with Crippen LogP contribution in [0.3, 0.4) is 0 Å². The van der Waals surface area contributed by atoms with Crippen molar-refractivity contribution in [1.82, 2.24) is 10.2 Å². The molecule has 0 radical (unpaired) electrons. The van der Waals surface area contributed by atoms with E-state index < -0.39 is 7.05 Å². The molecule has 3 nitrogen and oxygen atoms in total. The summed E-state index contributed by atoms with van der Waals surface area (Å²) < 4.78 is 0. The van der Waals surface area contributed by atoms with Gasteiger partial charge in [-0.1, -0.05) is 31.2 Å². The summed E-state index contributed by atoms with van der Waals surface area (Å²) in [5.41, 5.74) is 0.815. The summed E-state index contributed by atoms with van der Waals surface area (Å²) in [5, 5.41) is 12.7. The molecular formula is C11H15BN2O. The maximum absolute atomic E-state index is 9.73. The maximum atomic E-state index is 9.73. The first kappa shape index (κ1) is 11.7. The molecule has 78 valence electrons. The fourth-order valence-electron chi connectivity index (χ4n) is 1.13. The van der Waals surface area contributed by atoms with E-state index in [9.17, 15) is 5.02 Å². The first-order valence-corrected chi connectivity index (χ1v) is 4.99. The van der Waals surface area contributed by atoms with Crippen LogP contribution in [0.25, 0.3) is 0 Å². The van der Waals surface area contributed by atoms with E-state index in [2.05, 4.69) is 10.2 Å². The molecular weight excluding hydrogens is 187 g/mol. The highest BCUT2D eigenvalue weighted by atomic mass is 16.2. The Labute approximate surface area is 90.6 Å². The van der Waals surface area contributed by atoms with Gasteiger partial charge in [0.05, 0.1) is 0 Å². The van der Waals surface area contributed by atoms with E-state index in [0.717, 1.165) is 12.0 Å². The summed E-state index contributed by atoms with van der Waals surface area (Å²) in [6.45, 7) is 2.68. The molecule has 1 aromatic heterocycles. The third-order valence-electron chi connectivity index (χ3n) is 1.86. The highest BCUT2D eigenvalue weighted by Gasteiger charge is 2.10.